The zero-order valence-electron chi connectivity index (χ0n) is 14.0. The molecule has 2 aliphatic rings. The van der Waals surface area contributed by atoms with Crippen LogP contribution in [0.15, 0.2) is 30.3 Å². The van der Waals surface area contributed by atoms with Crippen molar-refractivity contribution in [3.8, 4) is 0 Å². The molecule has 2 fully saturated rings. The first-order valence-electron chi connectivity index (χ1n) is 8.88. The van der Waals surface area contributed by atoms with Crippen molar-refractivity contribution < 1.29 is 5.11 Å². The van der Waals surface area contributed by atoms with Gasteiger partial charge >= 0.3 is 0 Å². The Morgan fingerprint density at radius 1 is 1.09 bits per heavy atom. The third kappa shape index (κ3) is 5.18. The van der Waals surface area contributed by atoms with E-state index in [-0.39, 0.29) is 17.8 Å². The van der Waals surface area contributed by atoms with Gasteiger partial charge in [0.2, 0.25) is 0 Å². The molecule has 0 aromatic heterocycles. The normalized spacial score (nSPS) is 22.5. The van der Waals surface area contributed by atoms with Crippen molar-refractivity contribution in [3.05, 3.63) is 35.9 Å². The molecule has 1 aromatic rings. The quantitative estimate of drug-likeness (QED) is 0.866. The van der Waals surface area contributed by atoms with Crippen molar-refractivity contribution in [2.75, 3.05) is 39.3 Å². The standard InChI is InChI=1S/C19H30N2O.ClH/c22-16-19(14-17-4-2-1-3-5-17)8-12-21(13-9-19)15-18-6-10-20-11-7-18;/h1-5,18,20,22H,6-16H2;1H. The van der Waals surface area contributed by atoms with Crippen LogP contribution in [0.3, 0.4) is 0 Å². The fraction of sp³-hybridized carbons (Fsp3) is 0.684. The monoisotopic (exact) mass is 338 g/mol. The largest absolute Gasteiger partial charge is 0.396 e. The van der Waals surface area contributed by atoms with Crippen molar-refractivity contribution in [1.29, 1.82) is 0 Å². The van der Waals surface area contributed by atoms with E-state index >= 15 is 0 Å². The molecule has 130 valence electrons. The Balaban J connectivity index is 0.00000192. The van der Waals surface area contributed by atoms with Gasteiger partial charge in [-0.05, 0) is 75.2 Å². The van der Waals surface area contributed by atoms with Crippen LogP contribution in [0.5, 0.6) is 0 Å². The number of hydrogen-bond donors (Lipinski definition) is 2. The molecule has 0 bridgehead atoms. The van der Waals surface area contributed by atoms with E-state index in [2.05, 4.69) is 40.5 Å². The summed E-state index contributed by atoms with van der Waals surface area (Å²) in [6.45, 7) is 6.26. The molecule has 0 amide bonds. The summed E-state index contributed by atoms with van der Waals surface area (Å²) >= 11 is 0. The van der Waals surface area contributed by atoms with E-state index in [0.29, 0.717) is 6.61 Å². The van der Waals surface area contributed by atoms with Gasteiger partial charge in [-0.25, -0.2) is 0 Å². The Morgan fingerprint density at radius 3 is 2.35 bits per heavy atom. The second kappa shape index (κ2) is 9.03. The number of rotatable bonds is 5. The lowest BCUT2D eigenvalue weighted by molar-refractivity contribution is 0.0366. The number of hydrogen-bond acceptors (Lipinski definition) is 3. The minimum atomic E-state index is 0. The highest BCUT2D eigenvalue weighted by atomic mass is 35.5. The predicted octanol–water partition coefficient (Wildman–Crippen LogP) is 2.73. The first-order valence-corrected chi connectivity index (χ1v) is 8.88. The third-order valence-electron chi connectivity index (χ3n) is 5.65. The van der Waals surface area contributed by atoms with Crippen LogP contribution in [0.2, 0.25) is 0 Å². The molecule has 0 atom stereocenters. The van der Waals surface area contributed by atoms with Crippen LogP contribution in [0.25, 0.3) is 0 Å². The summed E-state index contributed by atoms with van der Waals surface area (Å²) in [6, 6.07) is 10.7. The SMILES string of the molecule is Cl.OCC1(Cc2ccccc2)CCN(CC2CCNCC2)CC1. The number of nitrogens with one attached hydrogen (secondary N) is 1. The number of benzene rings is 1. The molecule has 0 spiro atoms. The zero-order valence-corrected chi connectivity index (χ0v) is 14.9. The maximum Gasteiger partial charge on any atom is 0.0491 e. The van der Waals surface area contributed by atoms with Gasteiger partial charge in [0, 0.05) is 13.2 Å². The second-order valence-corrected chi connectivity index (χ2v) is 7.31. The van der Waals surface area contributed by atoms with Crippen molar-refractivity contribution in [3.63, 3.8) is 0 Å². The van der Waals surface area contributed by atoms with Gasteiger partial charge in [0.1, 0.15) is 0 Å². The number of aliphatic hydroxyl groups is 1. The van der Waals surface area contributed by atoms with Crippen molar-refractivity contribution in [2.45, 2.75) is 32.1 Å². The first-order chi connectivity index (χ1) is 10.8. The first kappa shape index (κ1) is 18.7. The van der Waals surface area contributed by atoms with Crippen LogP contribution in [-0.4, -0.2) is 49.3 Å². The lowest BCUT2D eigenvalue weighted by Crippen LogP contribution is -2.45. The fourth-order valence-electron chi connectivity index (χ4n) is 4.06. The van der Waals surface area contributed by atoms with E-state index in [0.717, 1.165) is 38.3 Å². The van der Waals surface area contributed by atoms with Crippen LogP contribution in [0.1, 0.15) is 31.2 Å². The summed E-state index contributed by atoms with van der Waals surface area (Å²) in [6.07, 6.45) is 5.93. The molecule has 2 saturated heterocycles. The average Bonchev–Trinajstić information content (AvgIpc) is 2.59. The Bertz CT molecular complexity index is 440. The number of likely N-dealkylation sites (tertiary alicyclic amines) is 1. The van der Waals surface area contributed by atoms with Gasteiger partial charge < -0.3 is 15.3 Å². The predicted molar refractivity (Wildman–Crippen MR) is 98.2 cm³/mol. The molecular weight excluding hydrogens is 308 g/mol. The van der Waals surface area contributed by atoms with Crippen LogP contribution < -0.4 is 5.32 Å². The molecule has 3 nitrogen and oxygen atoms in total. The summed E-state index contributed by atoms with van der Waals surface area (Å²) in [4.78, 5) is 2.63. The Kier molecular flexibility index (Phi) is 7.35. The van der Waals surface area contributed by atoms with Crippen molar-refractivity contribution in [1.82, 2.24) is 10.2 Å². The topological polar surface area (TPSA) is 35.5 Å². The van der Waals surface area contributed by atoms with Gasteiger partial charge in [-0.15, -0.1) is 12.4 Å². The van der Waals surface area contributed by atoms with Crippen molar-refractivity contribution in [2.24, 2.45) is 11.3 Å². The second-order valence-electron chi connectivity index (χ2n) is 7.31. The lowest BCUT2D eigenvalue weighted by Gasteiger charge is -2.42. The molecule has 0 unspecified atom stereocenters. The summed E-state index contributed by atoms with van der Waals surface area (Å²) < 4.78 is 0. The lowest BCUT2D eigenvalue weighted by atomic mass is 9.74. The molecule has 3 rings (SSSR count). The number of halogens is 1. The van der Waals surface area contributed by atoms with Crippen LogP contribution in [0.4, 0.5) is 0 Å². The van der Waals surface area contributed by atoms with Crippen LogP contribution >= 0.6 is 12.4 Å². The van der Waals surface area contributed by atoms with E-state index in [1.807, 2.05) is 0 Å². The number of piperidine rings is 2. The maximum atomic E-state index is 9.98. The van der Waals surface area contributed by atoms with Crippen molar-refractivity contribution >= 4 is 12.4 Å². The zero-order chi connectivity index (χ0) is 15.3. The minimum absolute atomic E-state index is 0. The highest BCUT2D eigenvalue weighted by Crippen LogP contribution is 2.35. The molecule has 1 aromatic carbocycles. The summed E-state index contributed by atoms with van der Waals surface area (Å²) in [5, 5.41) is 13.4. The molecule has 0 radical (unpaired) electrons. The Hall–Kier alpha value is -0.610. The highest BCUT2D eigenvalue weighted by molar-refractivity contribution is 5.85. The molecule has 0 saturated carbocycles. The highest BCUT2D eigenvalue weighted by Gasteiger charge is 2.34. The van der Waals surface area contributed by atoms with Gasteiger partial charge in [-0.2, -0.15) is 0 Å². The van der Waals surface area contributed by atoms with E-state index in [1.54, 1.807) is 0 Å². The summed E-state index contributed by atoms with van der Waals surface area (Å²) in [5.74, 6) is 0.872. The van der Waals surface area contributed by atoms with Gasteiger partial charge in [-0.3, -0.25) is 0 Å². The van der Waals surface area contributed by atoms with Gasteiger partial charge in [0.05, 0.1) is 0 Å². The van der Waals surface area contributed by atoms with Gasteiger partial charge in [-0.1, -0.05) is 30.3 Å². The number of aliphatic hydroxyl groups excluding tert-OH is 1. The van der Waals surface area contributed by atoms with E-state index in [1.165, 1.54) is 38.0 Å². The molecule has 2 aliphatic heterocycles. The van der Waals surface area contributed by atoms with E-state index < -0.39 is 0 Å². The maximum absolute atomic E-state index is 9.98. The Morgan fingerprint density at radius 2 is 1.74 bits per heavy atom. The molecule has 0 aliphatic carbocycles. The minimum Gasteiger partial charge on any atom is -0.396 e. The molecule has 23 heavy (non-hydrogen) atoms. The summed E-state index contributed by atoms with van der Waals surface area (Å²) in [7, 11) is 0. The third-order valence-corrected chi connectivity index (χ3v) is 5.65. The van der Waals surface area contributed by atoms with Crippen LogP contribution in [0, 0.1) is 11.3 Å². The van der Waals surface area contributed by atoms with E-state index in [4.69, 9.17) is 0 Å². The average molecular weight is 339 g/mol. The fourth-order valence-corrected chi connectivity index (χ4v) is 4.06. The molecule has 2 N–H and O–H groups in total. The Labute approximate surface area is 146 Å². The van der Waals surface area contributed by atoms with Gasteiger partial charge in [0.15, 0.2) is 0 Å². The van der Waals surface area contributed by atoms with Gasteiger partial charge in [0.25, 0.3) is 0 Å². The molecule has 4 heteroatoms. The number of nitrogens with zero attached hydrogens (tertiary/aromatic N) is 1. The van der Waals surface area contributed by atoms with Crippen LogP contribution in [-0.2, 0) is 6.42 Å². The molecule has 2 heterocycles. The summed E-state index contributed by atoms with van der Waals surface area (Å²) in [5.41, 5.74) is 1.47. The van der Waals surface area contributed by atoms with E-state index in [9.17, 15) is 5.11 Å². The smallest absolute Gasteiger partial charge is 0.0491 e. The molecular formula is C19H31ClN2O.